The van der Waals surface area contributed by atoms with Crippen molar-refractivity contribution in [1.82, 2.24) is 4.72 Å². The molecule has 2 rings (SSSR count). The van der Waals surface area contributed by atoms with Gasteiger partial charge in [-0.2, -0.15) is 0 Å². The summed E-state index contributed by atoms with van der Waals surface area (Å²) < 4.78 is 44.9. The minimum absolute atomic E-state index is 0.0244. The Morgan fingerprint density at radius 1 is 1.23 bits per heavy atom. The lowest BCUT2D eigenvalue weighted by Crippen LogP contribution is -2.25. The van der Waals surface area contributed by atoms with Gasteiger partial charge < -0.3 is 4.74 Å². The van der Waals surface area contributed by atoms with Gasteiger partial charge >= 0.3 is 0 Å². The van der Waals surface area contributed by atoms with Gasteiger partial charge in [-0.15, -0.1) is 11.3 Å². The Morgan fingerprint density at radius 3 is 2.50 bits per heavy atom. The molecule has 0 saturated heterocycles. The quantitative estimate of drug-likeness (QED) is 0.736. The third kappa shape index (κ3) is 4.82. The first kappa shape index (κ1) is 17.5. The molecule has 1 N–H and O–H groups in total. The molecule has 4 nitrogen and oxygen atoms in total. The smallest absolute Gasteiger partial charge is 0.242 e. The van der Waals surface area contributed by atoms with E-state index < -0.39 is 10.0 Å². The number of sulfonamides is 1. The average molecular weight is 384 g/mol. The number of rotatable bonds is 7. The lowest BCUT2D eigenvalue weighted by molar-refractivity contribution is 0.311. The zero-order chi connectivity index (χ0) is 16.2. The summed E-state index contributed by atoms with van der Waals surface area (Å²) in [6, 6.07) is 6.91. The number of hydrogen-bond acceptors (Lipinski definition) is 4. The minimum Gasteiger partial charge on any atom is -0.494 e. The van der Waals surface area contributed by atoms with Crippen LogP contribution in [0, 0.1) is 5.82 Å². The number of benzene rings is 1. The molecule has 2 aromatic rings. The molecular weight excluding hydrogens is 372 g/mol. The van der Waals surface area contributed by atoms with E-state index in [1.807, 2.05) is 0 Å². The van der Waals surface area contributed by atoms with Crippen LogP contribution in [0.5, 0.6) is 5.75 Å². The van der Waals surface area contributed by atoms with Crippen LogP contribution in [-0.2, 0) is 10.0 Å². The van der Waals surface area contributed by atoms with E-state index in [2.05, 4.69) is 4.72 Å². The Hall–Kier alpha value is -0.860. The van der Waals surface area contributed by atoms with E-state index in [4.69, 9.17) is 27.9 Å². The molecule has 1 aromatic carbocycles. The summed E-state index contributed by atoms with van der Waals surface area (Å²) in [5.41, 5.74) is 0. The van der Waals surface area contributed by atoms with Crippen molar-refractivity contribution in [2.24, 2.45) is 0 Å². The number of thiophene rings is 1. The van der Waals surface area contributed by atoms with Gasteiger partial charge in [0.05, 0.1) is 10.9 Å². The normalized spacial score (nSPS) is 11.6. The van der Waals surface area contributed by atoms with Gasteiger partial charge in [0.15, 0.2) is 0 Å². The summed E-state index contributed by atoms with van der Waals surface area (Å²) in [6.07, 6.45) is 0.450. The summed E-state index contributed by atoms with van der Waals surface area (Å²) >= 11 is 12.5. The van der Waals surface area contributed by atoms with Crippen LogP contribution in [0.3, 0.4) is 0 Å². The molecule has 0 radical (unpaired) electrons. The Labute approximate surface area is 141 Å². The average Bonchev–Trinajstić information content (AvgIpc) is 2.80. The van der Waals surface area contributed by atoms with Gasteiger partial charge in [0.1, 0.15) is 20.8 Å². The summed E-state index contributed by atoms with van der Waals surface area (Å²) in [6.45, 7) is 0.486. The topological polar surface area (TPSA) is 55.4 Å². The molecule has 0 spiro atoms. The fourth-order valence-electron chi connectivity index (χ4n) is 1.59. The van der Waals surface area contributed by atoms with Crippen molar-refractivity contribution in [3.8, 4) is 5.75 Å². The molecular formula is C13H12Cl2FNO3S2. The lowest BCUT2D eigenvalue weighted by atomic mass is 10.3. The molecule has 0 atom stereocenters. The molecule has 0 bridgehead atoms. The summed E-state index contributed by atoms with van der Waals surface area (Å²) in [5.74, 6) is 0.184. The van der Waals surface area contributed by atoms with Crippen molar-refractivity contribution in [3.05, 3.63) is 44.8 Å². The molecule has 9 heteroatoms. The number of ether oxygens (including phenoxy) is 1. The van der Waals surface area contributed by atoms with Gasteiger partial charge in [0, 0.05) is 6.54 Å². The fraction of sp³-hybridized carbons (Fsp3) is 0.231. The van der Waals surface area contributed by atoms with Crippen LogP contribution in [-0.4, -0.2) is 21.6 Å². The lowest BCUT2D eigenvalue weighted by Gasteiger charge is -2.07. The largest absolute Gasteiger partial charge is 0.494 e. The molecule has 0 aliphatic rings. The zero-order valence-corrected chi connectivity index (χ0v) is 14.3. The molecule has 0 aliphatic carbocycles. The maximum atomic E-state index is 12.7. The third-order valence-electron chi connectivity index (χ3n) is 2.61. The van der Waals surface area contributed by atoms with Crippen molar-refractivity contribution >= 4 is 44.6 Å². The number of hydrogen-bond donors (Lipinski definition) is 1. The van der Waals surface area contributed by atoms with Crippen LogP contribution in [0.1, 0.15) is 6.42 Å². The van der Waals surface area contributed by atoms with Crippen LogP contribution >= 0.6 is 34.5 Å². The highest BCUT2D eigenvalue weighted by molar-refractivity contribution is 7.89. The van der Waals surface area contributed by atoms with Crippen LogP contribution < -0.4 is 9.46 Å². The molecule has 0 unspecified atom stereocenters. The first-order valence-corrected chi connectivity index (χ1v) is 9.27. The highest BCUT2D eigenvalue weighted by atomic mass is 35.5. The monoisotopic (exact) mass is 383 g/mol. The molecule has 0 fully saturated rings. The van der Waals surface area contributed by atoms with Gasteiger partial charge in [0.2, 0.25) is 10.0 Å². The molecule has 1 aromatic heterocycles. The predicted octanol–water partition coefficient (Wildman–Crippen LogP) is 3.94. The van der Waals surface area contributed by atoms with Crippen molar-refractivity contribution in [1.29, 1.82) is 0 Å². The van der Waals surface area contributed by atoms with Gasteiger partial charge in [-0.1, -0.05) is 23.2 Å². The Morgan fingerprint density at radius 2 is 1.91 bits per heavy atom. The number of halogens is 3. The Bertz CT molecular complexity index is 732. The zero-order valence-electron chi connectivity index (χ0n) is 11.2. The first-order chi connectivity index (χ1) is 10.4. The van der Waals surface area contributed by atoms with Gasteiger partial charge in [-0.3, -0.25) is 0 Å². The van der Waals surface area contributed by atoms with E-state index in [-0.39, 0.29) is 21.6 Å². The predicted molar refractivity (Wildman–Crippen MR) is 86.0 cm³/mol. The molecule has 0 amide bonds. The molecule has 22 heavy (non-hydrogen) atoms. The van der Waals surface area contributed by atoms with Crippen LogP contribution in [0.2, 0.25) is 8.67 Å². The molecule has 0 aliphatic heterocycles. The van der Waals surface area contributed by atoms with Gasteiger partial charge in [-0.05, 0) is 36.8 Å². The minimum atomic E-state index is -3.68. The third-order valence-corrected chi connectivity index (χ3v) is 5.82. The standard InChI is InChI=1S/C13H12Cl2FNO3S2/c14-12-8-11(13(15)21-12)22(18,19)17-6-1-7-20-10-4-2-9(16)3-5-10/h2-5,8,17H,1,6-7H2. The maximum Gasteiger partial charge on any atom is 0.242 e. The van der Waals surface area contributed by atoms with E-state index in [9.17, 15) is 12.8 Å². The van der Waals surface area contributed by atoms with Crippen LogP contribution in [0.25, 0.3) is 0 Å². The summed E-state index contributed by atoms with van der Waals surface area (Å²) in [7, 11) is -3.68. The van der Waals surface area contributed by atoms with E-state index in [1.165, 1.54) is 30.3 Å². The Kier molecular flexibility index (Phi) is 6.05. The summed E-state index contributed by atoms with van der Waals surface area (Å²) in [4.78, 5) is -0.0244. The van der Waals surface area contributed by atoms with Gasteiger partial charge in [0.25, 0.3) is 0 Å². The van der Waals surface area contributed by atoms with E-state index in [0.29, 0.717) is 23.1 Å². The van der Waals surface area contributed by atoms with Gasteiger partial charge in [-0.25, -0.2) is 17.5 Å². The van der Waals surface area contributed by atoms with E-state index >= 15 is 0 Å². The van der Waals surface area contributed by atoms with Crippen LogP contribution in [0.15, 0.2) is 35.2 Å². The second-order valence-corrected chi connectivity index (χ2v) is 8.26. The molecule has 1 heterocycles. The molecule has 0 saturated carbocycles. The second kappa shape index (κ2) is 7.61. The second-order valence-electron chi connectivity index (χ2n) is 4.24. The van der Waals surface area contributed by atoms with E-state index in [0.717, 1.165) is 11.3 Å². The van der Waals surface area contributed by atoms with Crippen molar-refractivity contribution in [2.45, 2.75) is 11.3 Å². The van der Waals surface area contributed by atoms with Crippen LogP contribution in [0.4, 0.5) is 4.39 Å². The highest BCUT2D eigenvalue weighted by Gasteiger charge is 2.20. The molecule has 120 valence electrons. The fourth-order valence-corrected chi connectivity index (χ4v) is 4.81. The van der Waals surface area contributed by atoms with Crippen molar-refractivity contribution in [2.75, 3.05) is 13.2 Å². The number of nitrogens with one attached hydrogen (secondary N) is 1. The van der Waals surface area contributed by atoms with Crippen molar-refractivity contribution in [3.63, 3.8) is 0 Å². The van der Waals surface area contributed by atoms with Crippen molar-refractivity contribution < 1.29 is 17.5 Å². The van der Waals surface area contributed by atoms with E-state index in [1.54, 1.807) is 0 Å². The maximum absolute atomic E-state index is 12.7. The Balaban J connectivity index is 1.78. The SMILES string of the molecule is O=S(=O)(NCCCOc1ccc(F)cc1)c1cc(Cl)sc1Cl. The summed E-state index contributed by atoms with van der Waals surface area (Å²) in [5, 5.41) is 0. The first-order valence-electron chi connectivity index (χ1n) is 6.21. The highest BCUT2D eigenvalue weighted by Crippen LogP contribution is 2.33.